The Morgan fingerprint density at radius 2 is 1.82 bits per heavy atom. The third-order valence-corrected chi connectivity index (χ3v) is 0.915. The van der Waals surface area contributed by atoms with E-state index in [0.29, 0.717) is 10.9 Å². The summed E-state index contributed by atoms with van der Waals surface area (Å²) in [6.45, 7) is 0.215. The van der Waals surface area contributed by atoms with E-state index in [-0.39, 0.29) is 12.3 Å². The molecule has 0 unspecified atom stereocenters. The fourth-order valence-corrected chi connectivity index (χ4v) is 0.651. The predicted molar refractivity (Wildman–Crippen MR) is 39.8 cm³/mol. The van der Waals surface area contributed by atoms with E-state index in [9.17, 15) is 9.59 Å². The number of likely N-dealkylation sites (N-methyl/N-ethyl adjacent to an activating group) is 1. The van der Waals surface area contributed by atoms with Crippen LogP contribution in [0.4, 0.5) is 0 Å². The van der Waals surface area contributed by atoms with Crippen molar-refractivity contribution >= 4 is 11.8 Å². The molecule has 4 heteroatoms. The third-order valence-electron chi connectivity index (χ3n) is 0.915. The summed E-state index contributed by atoms with van der Waals surface area (Å²) < 4.78 is 0.447. The molecule has 0 aromatic heterocycles. The van der Waals surface area contributed by atoms with E-state index in [1.165, 1.54) is 0 Å². The Bertz CT molecular complexity index is 169. The zero-order valence-corrected chi connectivity index (χ0v) is 7.00. The van der Waals surface area contributed by atoms with Gasteiger partial charge in [0.05, 0.1) is 21.1 Å². The second kappa shape index (κ2) is 3.39. The molecule has 0 bridgehead atoms. The van der Waals surface area contributed by atoms with Gasteiger partial charge in [-0.25, -0.2) is 4.79 Å². The van der Waals surface area contributed by atoms with Crippen LogP contribution in [0.25, 0.3) is 0 Å². The summed E-state index contributed by atoms with van der Waals surface area (Å²) in [6.07, 6.45) is 0.698. The average Bonchev–Trinajstić information content (AvgIpc) is 1.53. The van der Waals surface area contributed by atoms with Crippen molar-refractivity contribution in [1.29, 1.82) is 0 Å². The fourth-order valence-electron chi connectivity index (χ4n) is 0.651. The van der Waals surface area contributed by atoms with Crippen molar-refractivity contribution in [3.63, 3.8) is 0 Å². The highest BCUT2D eigenvalue weighted by atomic mass is 16.4. The van der Waals surface area contributed by atoms with Gasteiger partial charge in [0.15, 0.2) is 6.54 Å². The highest BCUT2D eigenvalue weighted by Gasteiger charge is 2.26. The summed E-state index contributed by atoms with van der Waals surface area (Å²) in [7, 11) is 5.48. The van der Waals surface area contributed by atoms with Crippen LogP contribution in [-0.4, -0.2) is 49.0 Å². The third kappa shape index (κ3) is 6.86. The largest absolute Gasteiger partial charge is 0.503 e. The minimum Gasteiger partial charge on any atom is -0.445 e. The maximum absolute atomic E-state index is 10.8. The summed E-state index contributed by atoms with van der Waals surface area (Å²) in [6, 6.07) is 0. The maximum atomic E-state index is 10.8. The molecule has 0 radical (unpaired) electrons. The molecule has 1 N–H and O–H groups in total. The molecule has 0 aromatic rings. The molecule has 0 fully saturated rings. The van der Waals surface area contributed by atoms with Gasteiger partial charge in [0, 0.05) is 0 Å². The van der Waals surface area contributed by atoms with Gasteiger partial charge in [-0.05, 0) is 0 Å². The van der Waals surface area contributed by atoms with Crippen molar-refractivity contribution in [3.8, 4) is 0 Å². The lowest BCUT2D eigenvalue weighted by molar-refractivity contribution is -0.861. The molecule has 4 nitrogen and oxygen atoms in total. The molecular formula is C7H13NO3+2. The van der Waals surface area contributed by atoms with E-state index in [0.717, 1.165) is 0 Å². The molecule has 0 aliphatic rings. The number of quaternary nitrogens is 1. The number of aliphatic carboxylic acids is 1. The van der Waals surface area contributed by atoms with Crippen molar-refractivity contribution in [1.82, 2.24) is 0 Å². The molecule has 0 saturated carbocycles. The summed E-state index contributed by atoms with van der Waals surface area (Å²) in [5, 5.41) is 8.20. The Kier molecular flexibility index (Phi) is 3.07. The first-order valence-electron chi connectivity index (χ1n) is 3.22. The Hall–Kier alpha value is -1.03. The van der Waals surface area contributed by atoms with E-state index >= 15 is 0 Å². The number of hydrogen-bond donors (Lipinski definition) is 1. The minimum absolute atomic E-state index is 0.215. The monoisotopic (exact) mass is 159 g/mol. The highest BCUT2D eigenvalue weighted by molar-refractivity contribution is 6.06. The number of Topliss-reactive ketones (excluding diaryl/α,β-unsaturated/α-hetero) is 1. The lowest BCUT2D eigenvalue weighted by Gasteiger charge is -2.19. The fraction of sp³-hybridized carbons (Fsp3) is 0.571. The standard InChI is InChI=1S/C7H12NO3/c1-8(2,3)5-6(9)4-7(10)11/h4H,5H2,1-3H3/q+1/p+1. The second-order valence-corrected chi connectivity index (χ2v) is 3.40. The predicted octanol–water partition coefficient (Wildman–Crippen LogP) is -0.449. The van der Waals surface area contributed by atoms with Gasteiger partial charge in [0.2, 0.25) is 0 Å². The number of carbonyl (C=O) groups is 2. The van der Waals surface area contributed by atoms with Crippen LogP contribution in [0.3, 0.4) is 0 Å². The van der Waals surface area contributed by atoms with Crippen LogP contribution in [-0.2, 0) is 9.59 Å². The van der Waals surface area contributed by atoms with E-state index in [2.05, 4.69) is 0 Å². The zero-order chi connectivity index (χ0) is 9.07. The van der Waals surface area contributed by atoms with E-state index < -0.39 is 5.97 Å². The Labute approximate surface area is 66.0 Å². The van der Waals surface area contributed by atoms with Crippen LogP contribution < -0.4 is 0 Å². The van der Waals surface area contributed by atoms with Crippen molar-refractivity contribution in [2.24, 2.45) is 0 Å². The SMILES string of the molecule is C[N+](C)(C)CC(=O)[CH+]C(=O)O. The van der Waals surface area contributed by atoms with Gasteiger partial charge in [0.1, 0.15) is 0 Å². The minimum atomic E-state index is -1.18. The molecule has 0 saturated heterocycles. The van der Waals surface area contributed by atoms with Crippen LogP contribution in [0.5, 0.6) is 0 Å². The summed E-state index contributed by atoms with van der Waals surface area (Å²) in [4.78, 5) is 20.8. The highest BCUT2D eigenvalue weighted by Crippen LogP contribution is 1.92. The van der Waals surface area contributed by atoms with Crippen LogP contribution in [0.1, 0.15) is 0 Å². The molecule has 0 heterocycles. The van der Waals surface area contributed by atoms with Gasteiger partial charge in [-0.1, -0.05) is 0 Å². The second-order valence-electron chi connectivity index (χ2n) is 3.40. The maximum Gasteiger partial charge on any atom is 0.503 e. The molecular weight excluding hydrogens is 146 g/mol. The van der Waals surface area contributed by atoms with E-state index in [1.807, 2.05) is 21.1 Å². The molecule has 0 aliphatic heterocycles. The smallest absolute Gasteiger partial charge is 0.445 e. The number of rotatable bonds is 4. The van der Waals surface area contributed by atoms with E-state index in [4.69, 9.17) is 5.11 Å². The quantitative estimate of drug-likeness (QED) is 0.343. The lowest BCUT2D eigenvalue weighted by atomic mass is 10.2. The number of carbonyl (C=O) groups excluding carboxylic acids is 1. The van der Waals surface area contributed by atoms with Gasteiger partial charge in [0.25, 0.3) is 6.42 Å². The number of nitrogens with zero attached hydrogens (tertiary/aromatic N) is 1. The van der Waals surface area contributed by atoms with Gasteiger partial charge < -0.3 is 9.59 Å². The summed E-state index contributed by atoms with van der Waals surface area (Å²) >= 11 is 0. The molecule has 0 spiro atoms. The van der Waals surface area contributed by atoms with Crippen molar-refractivity contribution in [3.05, 3.63) is 6.42 Å². The molecule has 0 aliphatic carbocycles. The number of carboxylic acid groups (broad SMARTS) is 1. The Morgan fingerprint density at radius 3 is 2.09 bits per heavy atom. The van der Waals surface area contributed by atoms with Crippen molar-refractivity contribution < 1.29 is 19.2 Å². The van der Waals surface area contributed by atoms with Crippen molar-refractivity contribution in [2.45, 2.75) is 0 Å². The first-order valence-corrected chi connectivity index (χ1v) is 3.22. The molecule has 11 heavy (non-hydrogen) atoms. The number of carboxylic acids is 1. The average molecular weight is 159 g/mol. The van der Waals surface area contributed by atoms with Gasteiger partial charge in [-0.3, -0.25) is 0 Å². The van der Waals surface area contributed by atoms with Gasteiger partial charge in [-0.15, -0.1) is 0 Å². The Balaban J connectivity index is 3.80. The lowest BCUT2D eigenvalue weighted by Crippen LogP contribution is -2.40. The van der Waals surface area contributed by atoms with Crippen LogP contribution in [0.2, 0.25) is 0 Å². The normalized spacial score (nSPS) is 10.8. The molecule has 0 aromatic carbocycles. The van der Waals surface area contributed by atoms with Crippen LogP contribution in [0, 0.1) is 6.42 Å². The van der Waals surface area contributed by atoms with Gasteiger partial charge >= 0.3 is 11.8 Å². The number of hydrogen-bond acceptors (Lipinski definition) is 2. The molecule has 0 amide bonds. The summed E-state index contributed by atoms with van der Waals surface area (Å²) in [5.41, 5.74) is 0. The first kappa shape index (κ1) is 9.97. The topological polar surface area (TPSA) is 54.4 Å². The van der Waals surface area contributed by atoms with Gasteiger partial charge in [-0.2, -0.15) is 4.79 Å². The first-order chi connectivity index (χ1) is 4.81. The summed E-state index contributed by atoms with van der Waals surface area (Å²) in [5.74, 6) is -1.53. The van der Waals surface area contributed by atoms with Crippen LogP contribution in [0.15, 0.2) is 0 Å². The molecule has 62 valence electrons. The van der Waals surface area contributed by atoms with E-state index in [1.54, 1.807) is 0 Å². The number of ketones is 1. The molecule has 0 atom stereocenters. The Morgan fingerprint density at radius 1 is 1.36 bits per heavy atom. The van der Waals surface area contributed by atoms with Crippen LogP contribution >= 0.6 is 0 Å². The zero-order valence-electron chi connectivity index (χ0n) is 7.00. The molecule has 0 rings (SSSR count). The van der Waals surface area contributed by atoms with Crippen molar-refractivity contribution in [2.75, 3.05) is 27.7 Å².